The average molecular weight is 491 g/mol. The van der Waals surface area contributed by atoms with E-state index in [2.05, 4.69) is 42.1 Å². The van der Waals surface area contributed by atoms with Crippen LogP contribution >= 0.6 is 35.0 Å². The van der Waals surface area contributed by atoms with Crippen molar-refractivity contribution in [2.75, 3.05) is 18.4 Å². The minimum Gasteiger partial charge on any atom is -0.308 e. The van der Waals surface area contributed by atoms with E-state index in [1.54, 1.807) is 6.07 Å². The molecular weight excluding hydrogens is 467 g/mol. The van der Waals surface area contributed by atoms with Crippen LogP contribution in [0.1, 0.15) is 31.2 Å². The van der Waals surface area contributed by atoms with E-state index < -0.39 is 5.25 Å². The maximum absolute atomic E-state index is 12.8. The highest BCUT2D eigenvalue weighted by Gasteiger charge is 2.23. The van der Waals surface area contributed by atoms with Gasteiger partial charge in [-0.05, 0) is 44.5 Å². The van der Waals surface area contributed by atoms with E-state index in [0.29, 0.717) is 21.7 Å². The van der Waals surface area contributed by atoms with Gasteiger partial charge < -0.3 is 9.88 Å². The van der Waals surface area contributed by atoms with Gasteiger partial charge in [0.15, 0.2) is 11.0 Å². The highest BCUT2D eigenvalue weighted by Crippen LogP contribution is 2.27. The van der Waals surface area contributed by atoms with Crippen molar-refractivity contribution >= 4 is 46.7 Å². The monoisotopic (exact) mass is 490 g/mol. The van der Waals surface area contributed by atoms with Crippen LogP contribution in [0.15, 0.2) is 47.8 Å². The number of carbonyl (C=O) groups excluding carboxylic acids is 1. The number of benzene rings is 1. The van der Waals surface area contributed by atoms with Crippen LogP contribution in [-0.2, 0) is 17.9 Å². The molecule has 10 heteroatoms. The number of amides is 1. The summed E-state index contributed by atoms with van der Waals surface area (Å²) in [5.41, 5.74) is 1.16. The largest absolute Gasteiger partial charge is 0.308 e. The van der Waals surface area contributed by atoms with E-state index in [1.165, 1.54) is 30.8 Å². The first-order chi connectivity index (χ1) is 15.5. The molecule has 1 N–H and O–H groups in total. The number of rotatable bonds is 8. The normalized spacial score (nSPS) is 15.1. The number of nitrogens with zero attached hydrogens (tertiary/aromatic N) is 5. The van der Waals surface area contributed by atoms with Crippen molar-refractivity contribution in [2.24, 2.45) is 0 Å². The molecule has 4 rings (SSSR count). The molecule has 168 valence electrons. The molecule has 0 bridgehead atoms. The van der Waals surface area contributed by atoms with E-state index in [9.17, 15) is 4.79 Å². The van der Waals surface area contributed by atoms with Gasteiger partial charge in [0.05, 0.1) is 28.4 Å². The molecule has 1 saturated heterocycles. The minimum absolute atomic E-state index is 0.220. The molecule has 1 fully saturated rings. The van der Waals surface area contributed by atoms with E-state index in [0.717, 1.165) is 31.0 Å². The molecule has 1 aliphatic rings. The van der Waals surface area contributed by atoms with Crippen LogP contribution < -0.4 is 5.32 Å². The molecule has 1 aromatic carbocycles. The van der Waals surface area contributed by atoms with Crippen LogP contribution in [-0.4, -0.2) is 48.9 Å². The summed E-state index contributed by atoms with van der Waals surface area (Å²) < 4.78 is 2.11. The van der Waals surface area contributed by atoms with Crippen molar-refractivity contribution in [1.29, 1.82) is 0 Å². The van der Waals surface area contributed by atoms with Crippen molar-refractivity contribution in [3.8, 4) is 0 Å². The third-order valence-electron chi connectivity index (χ3n) is 5.24. The molecule has 0 spiro atoms. The highest BCUT2D eigenvalue weighted by atomic mass is 35.5. The fraction of sp³-hybridized carbons (Fsp3) is 0.364. The zero-order valence-corrected chi connectivity index (χ0v) is 20.0. The summed E-state index contributed by atoms with van der Waals surface area (Å²) in [4.78, 5) is 19.3. The zero-order valence-electron chi connectivity index (χ0n) is 17.7. The maximum Gasteiger partial charge on any atom is 0.238 e. The van der Waals surface area contributed by atoms with Gasteiger partial charge in [0, 0.05) is 6.20 Å². The van der Waals surface area contributed by atoms with E-state index in [4.69, 9.17) is 23.2 Å². The van der Waals surface area contributed by atoms with Crippen LogP contribution in [0.2, 0.25) is 10.0 Å². The van der Waals surface area contributed by atoms with E-state index in [1.807, 2.05) is 25.1 Å². The lowest BCUT2D eigenvalue weighted by molar-refractivity contribution is -0.115. The lowest BCUT2D eigenvalue weighted by atomic mass is 10.2. The van der Waals surface area contributed by atoms with Crippen LogP contribution in [0.4, 0.5) is 5.82 Å². The molecule has 32 heavy (non-hydrogen) atoms. The highest BCUT2D eigenvalue weighted by molar-refractivity contribution is 8.00. The molecule has 0 aliphatic carbocycles. The van der Waals surface area contributed by atoms with Crippen molar-refractivity contribution in [3.05, 3.63) is 64.0 Å². The zero-order chi connectivity index (χ0) is 22.5. The number of hydrogen-bond acceptors (Lipinski definition) is 6. The minimum atomic E-state index is -0.429. The number of thioether (sulfide) groups is 1. The van der Waals surface area contributed by atoms with Crippen LogP contribution in [0.5, 0.6) is 0 Å². The predicted molar refractivity (Wildman–Crippen MR) is 128 cm³/mol. The fourth-order valence-electron chi connectivity index (χ4n) is 3.53. The molecule has 1 amide bonds. The van der Waals surface area contributed by atoms with Gasteiger partial charge in [0.1, 0.15) is 5.82 Å². The van der Waals surface area contributed by atoms with E-state index in [-0.39, 0.29) is 11.7 Å². The molecule has 3 aromatic rings. The molecule has 0 radical (unpaired) electrons. The number of aromatic nitrogens is 4. The Morgan fingerprint density at radius 1 is 1.16 bits per heavy atom. The first-order valence-corrected chi connectivity index (χ1v) is 12.1. The number of nitrogens with one attached hydrogen (secondary N) is 1. The second kappa shape index (κ2) is 10.7. The number of anilines is 1. The summed E-state index contributed by atoms with van der Waals surface area (Å²) in [5, 5.41) is 12.6. The lowest BCUT2D eigenvalue weighted by Crippen LogP contribution is -2.24. The van der Waals surface area contributed by atoms with Gasteiger partial charge in [-0.1, -0.05) is 65.3 Å². The fourth-order valence-corrected chi connectivity index (χ4v) is 4.82. The van der Waals surface area contributed by atoms with Gasteiger partial charge in [0.25, 0.3) is 0 Å². The summed E-state index contributed by atoms with van der Waals surface area (Å²) in [5.74, 6) is 0.976. The topological polar surface area (TPSA) is 75.9 Å². The lowest BCUT2D eigenvalue weighted by Gasteiger charge is -2.17. The Hall–Kier alpha value is -2.13. The van der Waals surface area contributed by atoms with Crippen molar-refractivity contribution in [1.82, 2.24) is 24.6 Å². The third kappa shape index (κ3) is 5.81. The summed E-state index contributed by atoms with van der Waals surface area (Å²) in [7, 11) is 0. The Morgan fingerprint density at radius 2 is 1.91 bits per heavy atom. The van der Waals surface area contributed by atoms with Gasteiger partial charge in [-0.25, -0.2) is 4.98 Å². The Balaban J connectivity index is 1.50. The number of carbonyl (C=O) groups is 1. The third-order valence-corrected chi connectivity index (χ3v) is 6.82. The Morgan fingerprint density at radius 3 is 2.62 bits per heavy atom. The van der Waals surface area contributed by atoms with Crippen molar-refractivity contribution in [2.45, 2.75) is 43.3 Å². The molecule has 3 heterocycles. The quantitative estimate of drug-likeness (QED) is 0.459. The van der Waals surface area contributed by atoms with Gasteiger partial charge in [-0.3, -0.25) is 9.69 Å². The first-order valence-electron chi connectivity index (χ1n) is 10.5. The summed E-state index contributed by atoms with van der Waals surface area (Å²) >= 11 is 13.4. The second-order valence-corrected chi connectivity index (χ2v) is 9.84. The molecule has 1 aliphatic heterocycles. The van der Waals surface area contributed by atoms with Crippen LogP contribution in [0.3, 0.4) is 0 Å². The van der Waals surface area contributed by atoms with Crippen molar-refractivity contribution < 1.29 is 4.79 Å². The number of halogens is 2. The average Bonchev–Trinajstić information content (AvgIpc) is 3.42. The van der Waals surface area contributed by atoms with Gasteiger partial charge in [-0.2, -0.15) is 0 Å². The molecule has 0 saturated carbocycles. The molecule has 2 aromatic heterocycles. The van der Waals surface area contributed by atoms with Crippen molar-refractivity contribution in [3.63, 3.8) is 0 Å². The summed E-state index contributed by atoms with van der Waals surface area (Å²) in [6.45, 7) is 5.39. The number of hydrogen-bond donors (Lipinski definition) is 1. The Kier molecular flexibility index (Phi) is 7.67. The smallest absolute Gasteiger partial charge is 0.238 e. The first kappa shape index (κ1) is 23.0. The molecule has 7 nitrogen and oxygen atoms in total. The predicted octanol–water partition coefficient (Wildman–Crippen LogP) is 4.74. The Bertz CT molecular complexity index is 1070. The van der Waals surface area contributed by atoms with Crippen LogP contribution in [0.25, 0.3) is 0 Å². The second-order valence-electron chi connectivity index (χ2n) is 7.69. The summed E-state index contributed by atoms with van der Waals surface area (Å²) in [6.07, 6.45) is 3.88. The molecule has 1 unspecified atom stereocenters. The Labute approximate surface area is 201 Å². The number of pyridine rings is 1. The van der Waals surface area contributed by atoms with E-state index >= 15 is 0 Å². The maximum atomic E-state index is 12.8. The van der Waals surface area contributed by atoms with Gasteiger partial charge in [-0.15, -0.1) is 10.2 Å². The molecule has 1 atom stereocenters. The van der Waals surface area contributed by atoms with Crippen LogP contribution in [0, 0.1) is 0 Å². The standard InChI is InChI=1S/C22H24Cl2N6OS/c1-15(21(31)26-20-18(24)11-17(23)12-25-20)32-22-28-27-19(14-29-9-5-6-10-29)30(22)13-16-7-3-2-4-8-16/h2-4,7-8,11-12,15H,5-6,9-10,13-14H2,1H3,(H,25,26,31). The summed E-state index contributed by atoms with van der Waals surface area (Å²) in [6, 6.07) is 11.7. The SMILES string of the molecule is CC(Sc1nnc(CN2CCCC2)n1Cc1ccccc1)C(=O)Nc1ncc(Cl)cc1Cl. The number of likely N-dealkylation sites (tertiary alicyclic amines) is 1. The van der Waals surface area contributed by atoms with Gasteiger partial charge >= 0.3 is 0 Å². The van der Waals surface area contributed by atoms with Gasteiger partial charge in [0.2, 0.25) is 5.91 Å². The molecular formula is C22H24Cl2N6OS.